The van der Waals surface area contributed by atoms with Gasteiger partial charge in [0.1, 0.15) is 17.2 Å². The number of furan rings is 1. The average Bonchev–Trinajstić information content (AvgIpc) is 3.50. The second-order valence-corrected chi connectivity index (χ2v) is 8.05. The number of fused-ring (bicyclic) bond motifs is 1. The predicted octanol–water partition coefficient (Wildman–Crippen LogP) is 5.04. The highest BCUT2D eigenvalue weighted by atomic mass is 19.1. The molecule has 0 bridgehead atoms. The summed E-state index contributed by atoms with van der Waals surface area (Å²) < 4.78 is 22.5. The molecule has 0 saturated carbocycles. The van der Waals surface area contributed by atoms with Gasteiger partial charge in [-0.05, 0) is 29.8 Å². The van der Waals surface area contributed by atoms with Crippen LogP contribution in [0.2, 0.25) is 0 Å². The first-order chi connectivity index (χ1) is 16.8. The van der Waals surface area contributed by atoms with Gasteiger partial charge in [0.05, 0.1) is 34.8 Å². The van der Waals surface area contributed by atoms with Gasteiger partial charge in [0, 0.05) is 35.7 Å². The molecule has 2 aromatic heterocycles. The molecule has 5 aromatic rings. The van der Waals surface area contributed by atoms with Crippen LogP contribution in [0.1, 0.15) is 22.6 Å². The van der Waals surface area contributed by atoms with Gasteiger partial charge in [-0.3, -0.25) is 10.1 Å². The van der Waals surface area contributed by atoms with Crippen molar-refractivity contribution >= 4 is 16.7 Å². The Kier molecular flexibility index (Phi) is 5.16. The van der Waals surface area contributed by atoms with E-state index in [1.807, 2.05) is 6.07 Å². The highest BCUT2D eigenvalue weighted by Gasteiger charge is 2.40. The first kappa shape index (κ1) is 22.0. The Bertz CT molecular complexity index is 1630. The Morgan fingerprint density at radius 3 is 2.51 bits per heavy atom. The van der Waals surface area contributed by atoms with Crippen molar-refractivity contribution in [3.8, 4) is 17.2 Å². The topological polar surface area (TPSA) is 118 Å². The van der Waals surface area contributed by atoms with E-state index in [-0.39, 0.29) is 28.2 Å². The molecule has 1 unspecified atom stereocenters. The molecule has 1 atom stereocenters. The number of nitro benzene ring substituents is 1. The second-order valence-electron chi connectivity index (χ2n) is 8.05. The minimum atomic E-state index is -1.86. The lowest BCUT2D eigenvalue weighted by molar-refractivity contribution is -0.384. The normalized spacial score (nSPS) is 12.9. The van der Waals surface area contributed by atoms with E-state index < -0.39 is 16.3 Å². The zero-order valence-electron chi connectivity index (χ0n) is 18.3. The number of nitro groups is 1. The van der Waals surface area contributed by atoms with E-state index in [9.17, 15) is 24.9 Å². The number of rotatable bonds is 5. The Morgan fingerprint density at radius 2 is 1.89 bits per heavy atom. The number of halogens is 1. The summed E-state index contributed by atoms with van der Waals surface area (Å²) >= 11 is 0. The number of hydrogen-bond donors (Lipinski definition) is 1. The molecule has 8 nitrogen and oxygen atoms in total. The summed E-state index contributed by atoms with van der Waals surface area (Å²) in [5, 5.41) is 33.2. The van der Waals surface area contributed by atoms with Gasteiger partial charge in [-0.1, -0.05) is 30.3 Å². The maximum Gasteiger partial charge on any atom is 0.270 e. The Balaban J connectivity index is 1.82. The van der Waals surface area contributed by atoms with E-state index in [0.717, 1.165) is 0 Å². The molecule has 5 rings (SSSR count). The fraction of sp³-hybridized carbons (Fsp3) is 0.0769. The van der Waals surface area contributed by atoms with E-state index in [2.05, 4.69) is 4.98 Å². The molecule has 0 aliphatic rings. The van der Waals surface area contributed by atoms with Gasteiger partial charge in [0.2, 0.25) is 0 Å². The highest BCUT2D eigenvalue weighted by molar-refractivity contribution is 5.95. The van der Waals surface area contributed by atoms with E-state index in [1.54, 1.807) is 41.9 Å². The summed E-state index contributed by atoms with van der Waals surface area (Å²) in [6.07, 6.45) is 2.99. The lowest BCUT2D eigenvalue weighted by Gasteiger charge is -2.27. The molecule has 0 aliphatic carbocycles. The van der Waals surface area contributed by atoms with Gasteiger partial charge in [0.15, 0.2) is 5.60 Å². The third kappa shape index (κ3) is 3.53. The molecule has 35 heavy (non-hydrogen) atoms. The van der Waals surface area contributed by atoms with Crippen LogP contribution in [0.25, 0.3) is 22.1 Å². The zero-order chi connectivity index (χ0) is 24.7. The molecular weight excluding hydrogens is 451 g/mol. The summed E-state index contributed by atoms with van der Waals surface area (Å²) in [5.41, 5.74) is -0.447. The van der Waals surface area contributed by atoms with Gasteiger partial charge in [-0.15, -0.1) is 0 Å². The lowest BCUT2D eigenvalue weighted by atomic mass is 9.87. The minimum Gasteiger partial charge on any atom is -0.456 e. The first-order valence-electron chi connectivity index (χ1n) is 10.5. The fourth-order valence-electron chi connectivity index (χ4n) is 4.21. The molecule has 0 spiro atoms. The number of nitrogens with zero attached hydrogens (tertiary/aromatic N) is 4. The molecule has 172 valence electrons. The molecule has 0 saturated heterocycles. The fourth-order valence-corrected chi connectivity index (χ4v) is 4.21. The summed E-state index contributed by atoms with van der Waals surface area (Å²) in [5.74, 6) is -0.514. The van der Waals surface area contributed by atoms with Gasteiger partial charge < -0.3 is 14.1 Å². The summed E-state index contributed by atoms with van der Waals surface area (Å²) in [6.45, 7) is 0. The monoisotopic (exact) mass is 468 g/mol. The Labute approximate surface area is 198 Å². The molecule has 0 amide bonds. The van der Waals surface area contributed by atoms with Crippen molar-refractivity contribution in [1.29, 1.82) is 5.26 Å². The maximum absolute atomic E-state index is 14.7. The van der Waals surface area contributed by atoms with Crippen LogP contribution in [0.3, 0.4) is 0 Å². The van der Waals surface area contributed by atoms with Crippen molar-refractivity contribution in [2.75, 3.05) is 0 Å². The molecular formula is C26H17FN4O4. The Hall–Kier alpha value is -4.81. The number of nitriles is 1. The Morgan fingerprint density at radius 1 is 1.14 bits per heavy atom. The minimum absolute atomic E-state index is 0.0545. The highest BCUT2D eigenvalue weighted by Crippen LogP contribution is 2.42. The summed E-state index contributed by atoms with van der Waals surface area (Å²) in [7, 11) is 1.70. The molecule has 9 heteroatoms. The van der Waals surface area contributed by atoms with Crippen LogP contribution in [-0.4, -0.2) is 19.6 Å². The van der Waals surface area contributed by atoms with Crippen LogP contribution in [0.4, 0.5) is 10.1 Å². The SMILES string of the molecule is Cn1cncc1C(O)(c1ccc(C#N)cc1)c1cc2cc([N+](=O)[O-])cc(-c3ccccc3F)c2o1. The largest absolute Gasteiger partial charge is 0.456 e. The number of aromatic nitrogens is 2. The number of aliphatic hydroxyl groups is 1. The van der Waals surface area contributed by atoms with E-state index in [0.29, 0.717) is 22.2 Å². The van der Waals surface area contributed by atoms with Crippen LogP contribution in [0.15, 0.2) is 83.7 Å². The predicted molar refractivity (Wildman–Crippen MR) is 125 cm³/mol. The smallest absolute Gasteiger partial charge is 0.270 e. The van der Waals surface area contributed by atoms with Crippen LogP contribution < -0.4 is 0 Å². The van der Waals surface area contributed by atoms with Gasteiger partial charge in [-0.25, -0.2) is 9.37 Å². The second kappa shape index (κ2) is 8.20. The third-order valence-electron chi connectivity index (χ3n) is 5.95. The number of non-ortho nitro benzene ring substituents is 1. The van der Waals surface area contributed by atoms with E-state index >= 15 is 0 Å². The van der Waals surface area contributed by atoms with Crippen molar-refractivity contribution in [2.24, 2.45) is 7.05 Å². The third-order valence-corrected chi connectivity index (χ3v) is 5.95. The van der Waals surface area contributed by atoms with E-state index in [1.165, 1.54) is 48.9 Å². The van der Waals surface area contributed by atoms with Gasteiger partial charge in [0.25, 0.3) is 5.69 Å². The standard InChI is InChI=1S/C26H17FN4O4/c1-30-15-29-14-23(30)26(32,18-8-6-16(13-28)7-9-18)24-11-17-10-19(31(33)34)12-21(25(17)35-24)20-4-2-3-5-22(20)27/h2-12,14-15,32H,1H3. The van der Waals surface area contributed by atoms with Crippen LogP contribution in [-0.2, 0) is 12.6 Å². The maximum atomic E-state index is 14.7. The van der Waals surface area contributed by atoms with Crippen molar-refractivity contribution in [2.45, 2.75) is 5.60 Å². The van der Waals surface area contributed by atoms with Crippen molar-refractivity contribution < 1.29 is 18.8 Å². The van der Waals surface area contributed by atoms with Gasteiger partial charge >= 0.3 is 0 Å². The van der Waals surface area contributed by atoms with Crippen molar-refractivity contribution in [3.05, 3.63) is 118 Å². The van der Waals surface area contributed by atoms with Crippen LogP contribution in [0, 0.1) is 27.3 Å². The zero-order valence-corrected chi connectivity index (χ0v) is 18.3. The molecule has 0 radical (unpaired) electrons. The van der Waals surface area contributed by atoms with Crippen molar-refractivity contribution in [1.82, 2.24) is 9.55 Å². The van der Waals surface area contributed by atoms with Crippen LogP contribution in [0.5, 0.6) is 0 Å². The summed E-state index contributed by atoms with van der Waals surface area (Å²) in [4.78, 5) is 15.2. The van der Waals surface area contributed by atoms with Crippen molar-refractivity contribution in [3.63, 3.8) is 0 Å². The summed E-state index contributed by atoms with van der Waals surface area (Å²) in [6, 6.07) is 18.3. The quantitative estimate of drug-likeness (QED) is 0.285. The number of hydrogen-bond acceptors (Lipinski definition) is 6. The number of aryl methyl sites for hydroxylation is 1. The number of imidazole rings is 1. The van der Waals surface area contributed by atoms with Gasteiger partial charge in [-0.2, -0.15) is 5.26 Å². The van der Waals surface area contributed by atoms with E-state index in [4.69, 9.17) is 4.42 Å². The first-order valence-corrected chi connectivity index (χ1v) is 10.5. The van der Waals surface area contributed by atoms with Crippen LogP contribution >= 0.6 is 0 Å². The molecule has 0 aliphatic heterocycles. The average molecular weight is 468 g/mol. The lowest BCUT2D eigenvalue weighted by Crippen LogP contribution is -2.30. The molecule has 1 N–H and O–H groups in total. The number of benzene rings is 3. The molecule has 0 fully saturated rings. The molecule has 3 aromatic carbocycles. The molecule has 2 heterocycles.